The average Bonchev–Trinajstić information content (AvgIpc) is 3.17. The molecular formula is C20H18N4O. The summed E-state index contributed by atoms with van der Waals surface area (Å²) in [5.74, 6) is 1.97. The van der Waals surface area contributed by atoms with Crippen LogP contribution in [-0.2, 0) is 0 Å². The van der Waals surface area contributed by atoms with Crippen LogP contribution in [-0.4, -0.2) is 24.1 Å². The lowest BCUT2D eigenvalue weighted by Crippen LogP contribution is -2.08. The molecule has 2 aromatic carbocycles. The van der Waals surface area contributed by atoms with Gasteiger partial charge in [-0.1, -0.05) is 12.1 Å². The number of benzene rings is 2. The van der Waals surface area contributed by atoms with Crippen molar-refractivity contribution in [3.8, 4) is 11.6 Å². The highest BCUT2D eigenvalue weighted by molar-refractivity contribution is 5.92. The third-order valence-corrected chi connectivity index (χ3v) is 3.99. The average molecular weight is 330 g/mol. The lowest BCUT2D eigenvalue weighted by atomic mass is 10.2. The van der Waals surface area contributed by atoms with Gasteiger partial charge in [-0.25, -0.2) is 9.97 Å². The number of hydrogen-bond acceptors (Lipinski definition) is 5. The number of furan rings is 1. The molecule has 0 aliphatic heterocycles. The predicted octanol–water partition coefficient (Wildman–Crippen LogP) is 4.70. The summed E-state index contributed by atoms with van der Waals surface area (Å²) in [4.78, 5) is 11.3. The van der Waals surface area contributed by atoms with Gasteiger partial charge in [-0.05, 0) is 48.5 Å². The molecule has 2 heterocycles. The highest BCUT2D eigenvalue weighted by Crippen LogP contribution is 2.28. The molecule has 0 unspecified atom stereocenters. The Bertz CT molecular complexity index is 992. The molecule has 0 saturated heterocycles. The maximum Gasteiger partial charge on any atom is 0.198 e. The summed E-state index contributed by atoms with van der Waals surface area (Å²) in [5, 5.41) is 4.37. The number of aromatic nitrogens is 2. The standard InChI is InChI=1S/C20H18N4O/c1-24(2)15-11-9-14(10-12-15)21-19-16-6-3-4-7-17(16)22-20(23-19)18-8-5-13-25-18/h3-13H,1-2H3,(H,21,22,23). The zero-order chi connectivity index (χ0) is 17.2. The molecule has 0 saturated carbocycles. The summed E-state index contributed by atoms with van der Waals surface area (Å²) in [5.41, 5.74) is 2.99. The molecule has 0 amide bonds. The number of hydrogen-bond donors (Lipinski definition) is 1. The van der Waals surface area contributed by atoms with Crippen molar-refractivity contribution >= 4 is 28.1 Å². The van der Waals surface area contributed by atoms with Crippen LogP contribution in [0.15, 0.2) is 71.3 Å². The quantitative estimate of drug-likeness (QED) is 0.588. The summed E-state index contributed by atoms with van der Waals surface area (Å²) < 4.78 is 5.46. The SMILES string of the molecule is CN(C)c1ccc(Nc2nc(-c3ccco3)nc3ccccc23)cc1. The molecule has 25 heavy (non-hydrogen) atoms. The molecule has 0 spiro atoms. The number of anilines is 3. The second-order valence-electron chi connectivity index (χ2n) is 5.96. The van der Waals surface area contributed by atoms with Gasteiger partial charge in [0, 0.05) is 30.9 Å². The molecule has 1 N–H and O–H groups in total. The minimum Gasteiger partial charge on any atom is -0.461 e. The van der Waals surface area contributed by atoms with Crippen LogP contribution in [0.25, 0.3) is 22.5 Å². The first-order valence-electron chi connectivity index (χ1n) is 8.06. The van der Waals surface area contributed by atoms with Crippen molar-refractivity contribution in [1.82, 2.24) is 9.97 Å². The molecule has 0 aliphatic rings. The zero-order valence-corrected chi connectivity index (χ0v) is 14.1. The molecule has 0 fully saturated rings. The predicted molar refractivity (Wildman–Crippen MR) is 101 cm³/mol. The Morgan fingerprint density at radius 3 is 2.40 bits per heavy atom. The first-order chi connectivity index (χ1) is 12.2. The van der Waals surface area contributed by atoms with Gasteiger partial charge in [0.15, 0.2) is 11.6 Å². The van der Waals surface area contributed by atoms with Crippen molar-refractivity contribution in [3.05, 3.63) is 66.9 Å². The van der Waals surface area contributed by atoms with Gasteiger partial charge >= 0.3 is 0 Å². The van der Waals surface area contributed by atoms with E-state index in [9.17, 15) is 0 Å². The number of rotatable bonds is 4. The van der Waals surface area contributed by atoms with E-state index in [2.05, 4.69) is 32.3 Å². The summed E-state index contributed by atoms with van der Waals surface area (Å²) in [6.07, 6.45) is 1.63. The van der Waals surface area contributed by atoms with Crippen LogP contribution < -0.4 is 10.2 Å². The van der Waals surface area contributed by atoms with E-state index in [0.717, 1.165) is 28.1 Å². The first-order valence-corrected chi connectivity index (χ1v) is 8.06. The Morgan fingerprint density at radius 2 is 1.68 bits per heavy atom. The summed E-state index contributed by atoms with van der Waals surface area (Å²) in [6, 6.07) is 19.9. The second kappa shape index (κ2) is 6.28. The Labute approximate surface area is 146 Å². The Hall–Kier alpha value is -3.34. The van der Waals surface area contributed by atoms with E-state index >= 15 is 0 Å². The van der Waals surface area contributed by atoms with Gasteiger partial charge in [-0.2, -0.15) is 0 Å². The van der Waals surface area contributed by atoms with Crippen molar-refractivity contribution in [2.75, 3.05) is 24.3 Å². The van der Waals surface area contributed by atoms with E-state index in [4.69, 9.17) is 4.42 Å². The molecule has 4 aromatic rings. The van der Waals surface area contributed by atoms with Gasteiger partial charge in [-0.3, -0.25) is 0 Å². The highest BCUT2D eigenvalue weighted by Gasteiger charge is 2.11. The third-order valence-electron chi connectivity index (χ3n) is 3.99. The Balaban J connectivity index is 1.77. The minimum atomic E-state index is 0.566. The maximum atomic E-state index is 5.46. The molecule has 5 nitrogen and oxygen atoms in total. The second-order valence-corrected chi connectivity index (χ2v) is 5.96. The Kier molecular flexibility index (Phi) is 3.82. The number of fused-ring (bicyclic) bond motifs is 1. The monoisotopic (exact) mass is 330 g/mol. The fourth-order valence-electron chi connectivity index (χ4n) is 2.67. The van der Waals surface area contributed by atoms with Crippen LogP contribution in [0.4, 0.5) is 17.2 Å². The molecule has 124 valence electrons. The zero-order valence-electron chi connectivity index (χ0n) is 14.1. The topological polar surface area (TPSA) is 54.2 Å². The van der Waals surface area contributed by atoms with Gasteiger partial charge in [0.1, 0.15) is 5.82 Å². The van der Waals surface area contributed by atoms with Crippen LogP contribution in [0.2, 0.25) is 0 Å². The largest absolute Gasteiger partial charge is 0.461 e. The van der Waals surface area contributed by atoms with Gasteiger partial charge in [0.2, 0.25) is 0 Å². The molecule has 0 bridgehead atoms. The van der Waals surface area contributed by atoms with Gasteiger partial charge in [0.05, 0.1) is 11.8 Å². The summed E-state index contributed by atoms with van der Waals surface area (Å²) in [7, 11) is 4.05. The lowest BCUT2D eigenvalue weighted by molar-refractivity contribution is 0.577. The fraction of sp³-hybridized carbons (Fsp3) is 0.100. The van der Waals surface area contributed by atoms with Gasteiger partial charge < -0.3 is 14.6 Å². The van der Waals surface area contributed by atoms with Crippen molar-refractivity contribution in [2.24, 2.45) is 0 Å². The fourth-order valence-corrected chi connectivity index (χ4v) is 2.67. The lowest BCUT2D eigenvalue weighted by Gasteiger charge is -2.14. The minimum absolute atomic E-state index is 0.566. The number of nitrogens with one attached hydrogen (secondary N) is 1. The molecule has 5 heteroatoms. The third kappa shape index (κ3) is 3.04. The van der Waals surface area contributed by atoms with Crippen molar-refractivity contribution in [2.45, 2.75) is 0 Å². The number of nitrogens with zero attached hydrogens (tertiary/aromatic N) is 3. The van der Waals surface area contributed by atoms with E-state index in [1.807, 2.05) is 62.6 Å². The van der Waals surface area contributed by atoms with Crippen LogP contribution in [0.3, 0.4) is 0 Å². The van der Waals surface area contributed by atoms with Crippen LogP contribution in [0, 0.1) is 0 Å². The van der Waals surface area contributed by atoms with E-state index in [0.29, 0.717) is 11.6 Å². The molecule has 0 aliphatic carbocycles. The van der Waals surface area contributed by atoms with Crippen LogP contribution >= 0.6 is 0 Å². The van der Waals surface area contributed by atoms with Crippen LogP contribution in [0.5, 0.6) is 0 Å². The molecule has 2 aromatic heterocycles. The molecule has 4 rings (SSSR count). The van der Waals surface area contributed by atoms with Crippen molar-refractivity contribution in [1.29, 1.82) is 0 Å². The first kappa shape index (κ1) is 15.2. The van der Waals surface area contributed by atoms with Crippen molar-refractivity contribution < 1.29 is 4.42 Å². The molecule has 0 radical (unpaired) electrons. The summed E-state index contributed by atoms with van der Waals surface area (Å²) >= 11 is 0. The van der Waals surface area contributed by atoms with E-state index in [1.165, 1.54) is 0 Å². The highest BCUT2D eigenvalue weighted by atomic mass is 16.3. The van der Waals surface area contributed by atoms with Crippen LogP contribution in [0.1, 0.15) is 0 Å². The Morgan fingerprint density at radius 1 is 0.880 bits per heavy atom. The number of para-hydroxylation sites is 1. The molecular weight excluding hydrogens is 312 g/mol. The smallest absolute Gasteiger partial charge is 0.198 e. The van der Waals surface area contributed by atoms with E-state index in [-0.39, 0.29) is 0 Å². The van der Waals surface area contributed by atoms with Crippen molar-refractivity contribution in [3.63, 3.8) is 0 Å². The maximum absolute atomic E-state index is 5.46. The van der Waals surface area contributed by atoms with Gasteiger partial charge in [-0.15, -0.1) is 0 Å². The van der Waals surface area contributed by atoms with E-state index in [1.54, 1.807) is 6.26 Å². The van der Waals surface area contributed by atoms with Gasteiger partial charge in [0.25, 0.3) is 0 Å². The molecule has 0 atom stereocenters. The summed E-state index contributed by atoms with van der Waals surface area (Å²) in [6.45, 7) is 0. The van der Waals surface area contributed by atoms with E-state index < -0.39 is 0 Å². The normalized spacial score (nSPS) is 10.8.